The fourth-order valence-corrected chi connectivity index (χ4v) is 2.72. The average Bonchev–Trinajstić information content (AvgIpc) is 2.46. The molecule has 1 N–H and O–H groups in total. The molecule has 20 heavy (non-hydrogen) atoms. The molecule has 112 valence electrons. The first-order valence-corrected chi connectivity index (χ1v) is 7.63. The molecule has 0 aromatic heterocycles. The second kappa shape index (κ2) is 8.32. The highest BCUT2D eigenvalue weighted by Crippen LogP contribution is 2.12. The smallest absolute Gasteiger partial charge is 0.129 e. The summed E-state index contributed by atoms with van der Waals surface area (Å²) in [5.41, 5.74) is 0.191. The molecule has 4 heteroatoms. The standard InChI is InChI=1S/C16H24F2N2/c17-15-6-4-7-16(18)14(15)8-10-19-9-5-13-20-11-2-1-3-12-20/h4,6-7,19H,1-3,5,8-13H2. The van der Waals surface area contributed by atoms with Gasteiger partial charge in [0.15, 0.2) is 0 Å². The summed E-state index contributed by atoms with van der Waals surface area (Å²) in [4.78, 5) is 2.50. The van der Waals surface area contributed by atoms with E-state index in [4.69, 9.17) is 0 Å². The van der Waals surface area contributed by atoms with Crippen molar-refractivity contribution in [1.29, 1.82) is 0 Å². The van der Waals surface area contributed by atoms with Gasteiger partial charge >= 0.3 is 0 Å². The molecule has 0 unspecified atom stereocenters. The van der Waals surface area contributed by atoms with E-state index < -0.39 is 11.6 Å². The number of hydrogen-bond acceptors (Lipinski definition) is 2. The first-order valence-electron chi connectivity index (χ1n) is 7.63. The molecule has 0 aliphatic carbocycles. The van der Waals surface area contributed by atoms with Crippen molar-refractivity contribution in [1.82, 2.24) is 10.2 Å². The minimum Gasteiger partial charge on any atom is -0.316 e. The van der Waals surface area contributed by atoms with Crippen molar-refractivity contribution in [3.8, 4) is 0 Å². The van der Waals surface area contributed by atoms with Gasteiger partial charge in [-0.3, -0.25) is 0 Å². The largest absolute Gasteiger partial charge is 0.316 e. The number of benzene rings is 1. The summed E-state index contributed by atoms with van der Waals surface area (Å²) in [6.07, 6.45) is 5.50. The molecule has 1 saturated heterocycles. The molecule has 1 fully saturated rings. The van der Waals surface area contributed by atoms with Crippen LogP contribution >= 0.6 is 0 Å². The van der Waals surface area contributed by atoms with E-state index >= 15 is 0 Å². The highest BCUT2D eigenvalue weighted by Gasteiger charge is 2.09. The lowest BCUT2D eigenvalue weighted by atomic mass is 10.1. The highest BCUT2D eigenvalue weighted by atomic mass is 19.1. The predicted octanol–water partition coefficient (Wildman–Crippen LogP) is 2.97. The minimum atomic E-state index is -0.444. The van der Waals surface area contributed by atoms with Crippen LogP contribution in [0.4, 0.5) is 8.78 Å². The number of hydrogen-bond donors (Lipinski definition) is 1. The molecule has 0 bridgehead atoms. The van der Waals surface area contributed by atoms with Crippen molar-refractivity contribution in [2.75, 3.05) is 32.7 Å². The third-order valence-corrected chi connectivity index (χ3v) is 3.89. The highest BCUT2D eigenvalue weighted by molar-refractivity contribution is 5.19. The molecule has 2 rings (SSSR count). The molecule has 0 saturated carbocycles. The van der Waals surface area contributed by atoms with Crippen molar-refractivity contribution in [3.05, 3.63) is 35.4 Å². The zero-order chi connectivity index (χ0) is 14.2. The van der Waals surface area contributed by atoms with E-state index in [1.54, 1.807) is 0 Å². The van der Waals surface area contributed by atoms with Crippen LogP contribution in [-0.4, -0.2) is 37.6 Å². The maximum atomic E-state index is 13.4. The summed E-state index contributed by atoms with van der Waals surface area (Å²) in [5.74, 6) is -0.889. The number of rotatable bonds is 7. The van der Waals surface area contributed by atoms with Crippen LogP contribution in [0.5, 0.6) is 0 Å². The van der Waals surface area contributed by atoms with Crippen LogP contribution in [0.15, 0.2) is 18.2 Å². The Morgan fingerprint density at radius 2 is 1.70 bits per heavy atom. The normalized spacial score (nSPS) is 16.5. The summed E-state index contributed by atoms with van der Waals surface area (Å²) < 4.78 is 26.8. The number of likely N-dealkylation sites (tertiary alicyclic amines) is 1. The Kier molecular flexibility index (Phi) is 6.40. The number of nitrogens with one attached hydrogen (secondary N) is 1. The van der Waals surface area contributed by atoms with E-state index in [0.29, 0.717) is 13.0 Å². The molecule has 1 aliphatic rings. The van der Waals surface area contributed by atoms with Crippen molar-refractivity contribution in [3.63, 3.8) is 0 Å². The van der Waals surface area contributed by atoms with Crippen molar-refractivity contribution < 1.29 is 8.78 Å². The van der Waals surface area contributed by atoms with Crippen LogP contribution in [0.2, 0.25) is 0 Å². The first kappa shape index (κ1) is 15.4. The molecule has 1 heterocycles. The zero-order valence-electron chi connectivity index (χ0n) is 12.0. The van der Waals surface area contributed by atoms with E-state index in [1.165, 1.54) is 50.6 Å². The average molecular weight is 282 g/mol. The van der Waals surface area contributed by atoms with Gasteiger partial charge in [-0.25, -0.2) is 8.78 Å². The monoisotopic (exact) mass is 282 g/mol. The summed E-state index contributed by atoms with van der Waals surface area (Å²) in [7, 11) is 0. The lowest BCUT2D eigenvalue weighted by Crippen LogP contribution is -2.32. The molecule has 0 atom stereocenters. The number of halogens is 2. The van der Waals surface area contributed by atoms with Gasteiger partial charge in [-0.15, -0.1) is 0 Å². The topological polar surface area (TPSA) is 15.3 Å². The van der Waals surface area contributed by atoms with E-state index in [1.807, 2.05) is 0 Å². The summed E-state index contributed by atoms with van der Waals surface area (Å²) in [6, 6.07) is 4.03. The maximum Gasteiger partial charge on any atom is 0.129 e. The minimum absolute atomic E-state index is 0.191. The lowest BCUT2D eigenvalue weighted by molar-refractivity contribution is 0.226. The molecular weight excluding hydrogens is 258 g/mol. The molecule has 1 aliphatic heterocycles. The second-order valence-electron chi connectivity index (χ2n) is 5.46. The van der Waals surface area contributed by atoms with Gasteiger partial charge < -0.3 is 10.2 Å². The van der Waals surface area contributed by atoms with Crippen LogP contribution in [0.3, 0.4) is 0 Å². The van der Waals surface area contributed by atoms with E-state index in [2.05, 4.69) is 10.2 Å². The lowest BCUT2D eigenvalue weighted by Gasteiger charge is -2.26. The molecular formula is C16H24F2N2. The fraction of sp³-hybridized carbons (Fsp3) is 0.625. The predicted molar refractivity (Wildman–Crippen MR) is 77.8 cm³/mol. The van der Waals surface area contributed by atoms with Gasteiger partial charge in [0, 0.05) is 5.56 Å². The van der Waals surface area contributed by atoms with Gasteiger partial charge in [-0.05, 0) is 70.5 Å². The van der Waals surface area contributed by atoms with Crippen LogP contribution in [0, 0.1) is 11.6 Å². The van der Waals surface area contributed by atoms with E-state index in [-0.39, 0.29) is 5.56 Å². The van der Waals surface area contributed by atoms with Crippen molar-refractivity contribution in [2.45, 2.75) is 32.1 Å². The summed E-state index contributed by atoms with van der Waals surface area (Å²) in [6.45, 7) is 5.10. The van der Waals surface area contributed by atoms with Crippen LogP contribution < -0.4 is 5.32 Å². The number of piperidine rings is 1. The number of nitrogens with zero attached hydrogens (tertiary/aromatic N) is 1. The van der Waals surface area contributed by atoms with Gasteiger partial charge in [0.1, 0.15) is 11.6 Å². The third-order valence-electron chi connectivity index (χ3n) is 3.89. The fourth-order valence-electron chi connectivity index (χ4n) is 2.72. The van der Waals surface area contributed by atoms with Gasteiger partial charge in [-0.2, -0.15) is 0 Å². The quantitative estimate of drug-likeness (QED) is 0.774. The molecule has 1 aromatic carbocycles. The molecule has 0 amide bonds. The van der Waals surface area contributed by atoms with Crippen LogP contribution in [-0.2, 0) is 6.42 Å². The SMILES string of the molecule is Fc1cccc(F)c1CCNCCCN1CCCCC1. The maximum absolute atomic E-state index is 13.4. The summed E-state index contributed by atoms with van der Waals surface area (Å²) >= 11 is 0. The molecule has 0 spiro atoms. The van der Waals surface area contributed by atoms with E-state index in [9.17, 15) is 8.78 Å². The summed E-state index contributed by atoms with van der Waals surface area (Å²) in [5, 5.41) is 3.27. The molecule has 0 radical (unpaired) electrons. The molecule has 2 nitrogen and oxygen atoms in total. The molecule has 1 aromatic rings. The Morgan fingerprint density at radius 1 is 1.00 bits per heavy atom. The zero-order valence-corrected chi connectivity index (χ0v) is 12.0. The Labute approximate surface area is 120 Å². The van der Waals surface area contributed by atoms with Crippen molar-refractivity contribution in [2.24, 2.45) is 0 Å². The van der Waals surface area contributed by atoms with Gasteiger partial charge in [0.25, 0.3) is 0 Å². The second-order valence-corrected chi connectivity index (χ2v) is 5.46. The Hall–Kier alpha value is -1.00. The Morgan fingerprint density at radius 3 is 2.40 bits per heavy atom. The van der Waals surface area contributed by atoms with Crippen LogP contribution in [0.1, 0.15) is 31.2 Å². The third kappa shape index (κ3) is 4.84. The first-order chi connectivity index (χ1) is 9.77. The van der Waals surface area contributed by atoms with Crippen LogP contribution in [0.25, 0.3) is 0 Å². The van der Waals surface area contributed by atoms with Crippen molar-refractivity contribution >= 4 is 0 Å². The Bertz CT molecular complexity index is 383. The Balaban J connectivity index is 1.57. The van der Waals surface area contributed by atoms with Gasteiger partial charge in [-0.1, -0.05) is 12.5 Å². The van der Waals surface area contributed by atoms with Gasteiger partial charge in [0.2, 0.25) is 0 Å². The van der Waals surface area contributed by atoms with E-state index in [0.717, 1.165) is 19.5 Å². The van der Waals surface area contributed by atoms with Gasteiger partial charge in [0.05, 0.1) is 0 Å².